The highest BCUT2D eigenvalue weighted by Gasteiger charge is 2.16. The van der Waals surface area contributed by atoms with E-state index in [0.717, 1.165) is 30.7 Å². The SMILES string of the molecule is Cc1nc(Cn2ccc3[nH]c(=O)c(C#N)cc3c2=O)nc2c1CCCC2. The summed E-state index contributed by atoms with van der Waals surface area (Å²) in [5, 5.41) is 9.32. The summed E-state index contributed by atoms with van der Waals surface area (Å²) >= 11 is 0. The average Bonchev–Trinajstić information content (AvgIpc) is 2.64. The number of hydrogen-bond acceptors (Lipinski definition) is 5. The highest BCUT2D eigenvalue weighted by molar-refractivity contribution is 5.78. The maximum Gasteiger partial charge on any atom is 0.266 e. The minimum atomic E-state index is -0.495. The molecule has 7 nitrogen and oxygen atoms in total. The molecule has 1 aliphatic carbocycles. The first kappa shape index (κ1) is 16.2. The topological polar surface area (TPSA) is 104 Å². The Morgan fingerprint density at radius 2 is 2.08 bits per heavy atom. The molecular weight excluding hydrogens is 330 g/mol. The summed E-state index contributed by atoms with van der Waals surface area (Å²) in [6.07, 6.45) is 5.88. The third kappa shape index (κ3) is 2.69. The number of aryl methyl sites for hydroxylation is 2. The van der Waals surface area contributed by atoms with Gasteiger partial charge in [-0.2, -0.15) is 5.26 Å². The van der Waals surface area contributed by atoms with Crippen LogP contribution in [0.2, 0.25) is 0 Å². The molecule has 0 aromatic carbocycles. The first-order chi connectivity index (χ1) is 12.6. The van der Waals surface area contributed by atoms with E-state index in [4.69, 9.17) is 5.26 Å². The fourth-order valence-corrected chi connectivity index (χ4v) is 3.51. The van der Waals surface area contributed by atoms with E-state index in [0.29, 0.717) is 16.7 Å². The zero-order chi connectivity index (χ0) is 18.3. The molecule has 0 amide bonds. The fraction of sp³-hybridized carbons (Fsp3) is 0.316. The summed E-state index contributed by atoms with van der Waals surface area (Å²) in [5.41, 5.74) is 2.87. The summed E-state index contributed by atoms with van der Waals surface area (Å²) in [6.45, 7) is 2.24. The third-order valence-electron chi connectivity index (χ3n) is 4.85. The maximum atomic E-state index is 12.8. The summed E-state index contributed by atoms with van der Waals surface area (Å²) in [4.78, 5) is 36.3. The minimum absolute atomic E-state index is 0.0757. The van der Waals surface area contributed by atoms with Crippen LogP contribution in [-0.2, 0) is 19.4 Å². The lowest BCUT2D eigenvalue weighted by atomic mass is 9.95. The number of nitriles is 1. The molecule has 1 aliphatic rings. The zero-order valence-electron chi connectivity index (χ0n) is 14.4. The molecule has 3 aromatic heterocycles. The van der Waals surface area contributed by atoms with Crippen molar-refractivity contribution in [3.05, 3.63) is 67.4 Å². The molecule has 0 atom stereocenters. The molecule has 7 heteroatoms. The van der Waals surface area contributed by atoms with Gasteiger partial charge >= 0.3 is 0 Å². The Balaban J connectivity index is 1.79. The van der Waals surface area contributed by atoms with Crippen molar-refractivity contribution in [2.45, 2.75) is 39.2 Å². The third-order valence-corrected chi connectivity index (χ3v) is 4.85. The van der Waals surface area contributed by atoms with Crippen molar-refractivity contribution in [3.8, 4) is 6.07 Å². The van der Waals surface area contributed by atoms with Gasteiger partial charge in [0.05, 0.1) is 17.4 Å². The van der Waals surface area contributed by atoms with Crippen LogP contribution in [0.25, 0.3) is 10.9 Å². The van der Waals surface area contributed by atoms with Crippen LogP contribution in [0, 0.1) is 18.3 Å². The lowest BCUT2D eigenvalue weighted by Gasteiger charge is -2.17. The largest absolute Gasteiger partial charge is 0.321 e. The predicted molar refractivity (Wildman–Crippen MR) is 96.1 cm³/mol. The van der Waals surface area contributed by atoms with Crippen molar-refractivity contribution >= 4 is 10.9 Å². The minimum Gasteiger partial charge on any atom is -0.321 e. The van der Waals surface area contributed by atoms with Gasteiger partial charge in [-0.3, -0.25) is 9.59 Å². The van der Waals surface area contributed by atoms with E-state index < -0.39 is 5.56 Å². The van der Waals surface area contributed by atoms with E-state index in [1.807, 2.05) is 13.0 Å². The number of hydrogen-bond donors (Lipinski definition) is 1. The van der Waals surface area contributed by atoms with Gasteiger partial charge in [0.25, 0.3) is 11.1 Å². The van der Waals surface area contributed by atoms with Crippen LogP contribution in [-0.4, -0.2) is 19.5 Å². The van der Waals surface area contributed by atoms with Crippen LogP contribution in [0.3, 0.4) is 0 Å². The monoisotopic (exact) mass is 347 g/mol. The van der Waals surface area contributed by atoms with E-state index in [1.54, 1.807) is 12.3 Å². The Bertz CT molecular complexity index is 1180. The van der Waals surface area contributed by atoms with Crippen LogP contribution in [0.4, 0.5) is 0 Å². The molecule has 3 heterocycles. The molecule has 0 fully saturated rings. The Kier molecular flexibility index (Phi) is 3.88. The number of nitrogens with one attached hydrogen (secondary N) is 1. The van der Waals surface area contributed by atoms with Crippen molar-refractivity contribution < 1.29 is 0 Å². The Morgan fingerprint density at radius 1 is 1.27 bits per heavy atom. The number of aromatic amines is 1. The highest BCUT2D eigenvalue weighted by atomic mass is 16.1. The number of fused-ring (bicyclic) bond motifs is 2. The predicted octanol–water partition coefficient (Wildman–Crippen LogP) is 1.59. The number of rotatable bonds is 2. The van der Waals surface area contributed by atoms with Crippen molar-refractivity contribution in [3.63, 3.8) is 0 Å². The quantitative estimate of drug-likeness (QED) is 0.758. The lowest BCUT2D eigenvalue weighted by molar-refractivity contribution is 0.633. The van der Waals surface area contributed by atoms with Gasteiger partial charge in [0.1, 0.15) is 17.5 Å². The molecule has 0 unspecified atom stereocenters. The smallest absolute Gasteiger partial charge is 0.266 e. The molecule has 130 valence electrons. The van der Waals surface area contributed by atoms with Crippen LogP contribution in [0.1, 0.15) is 41.2 Å². The Hall–Kier alpha value is -3.27. The van der Waals surface area contributed by atoms with Gasteiger partial charge in [0.15, 0.2) is 0 Å². The van der Waals surface area contributed by atoms with Crippen molar-refractivity contribution in [2.75, 3.05) is 0 Å². The van der Waals surface area contributed by atoms with Crippen LogP contribution < -0.4 is 11.1 Å². The summed E-state index contributed by atoms with van der Waals surface area (Å²) in [7, 11) is 0. The average molecular weight is 347 g/mol. The zero-order valence-corrected chi connectivity index (χ0v) is 14.4. The molecule has 0 aliphatic heterocycles. The fourth-order valence-electron chi connectivity index (χ4n) is 3.51. The molecule has 0 radical (unpaired) electrons. The second-order valence-corrected chi connectivity index (χ2v) is 6.56. The Morgan fingerprint density at radius 3 is 2.88 bits per heavy atom. The summed E-state index contributed by atoms with van der Waals surface area (Å²) < 4.78 is 1.51. The number of pyridine rings is 2. The molecule has 1 N–H and O–H groups in total. The lowest BCUT2D eigenvalue weighted by Crippen LogP contribution is -2.24. The van der Waals surface area contributed by atoms with Crippen LogP contribution in [0.5, 0.6) is 0 Å². The first-order valence-corrected chi connectivity index (χ1v) is 8.58. The van der Waals surface area contributed by atoms with Gasteiger partial charge in [-0.05, 0) is 50.3 Å². The van der Waals surface area contributed by atoms with E-state index in [1.165, 1.54) is 22.6 Å². The molecule has 4 rings (SSSR count). The van der Waals surface area contributed by atoms with Gasteiger partial charge in [-0.1, -0.05) is 0 Å². The number of nitrogens with zero attached hydrogens (tertiary/aromatic N) is 4. The summed E-state index contributed by atoms with van der Waals surface area (Å²) in [5.74, 6) is 0.606. The van der Waals surface area contributed by atoms with Gasteiger partial charge < -0.3 is 9.55 Å². The van der Waals surface area contributed by atoms with E-state index in [-0.39, 0.29) is 17.7 Å². The normalized spacial score (nSPS) is 13.4. The number of aromatic nitrogens is 4. The van der Waals surface area contributed by atoms with Gasteiger partial charge in [0.2, 0.25) is 0 Å². The van der Waals surface area contributed by atoms with E-state index >= 15 is 0 Å². The molecule has 0 saturated heterocycles. The molecule has 26 heavy (non-hydrogen) atoms. The van der Waals surface area contributed by atoms with Crippen molar-refractivity contribution in [2.24, 2.45) is 0 Å². The highest BCUT2D eigenvalue weighted by Crippen LogP contribution is 2.21. The van der Waals surface area contributed by atoms with Crippen LogP contribution >= 0.6 is 0 Å². The molecule has 0 bridgehead atoms. The molecule has 0 saturated carbocycles. The molecular formula is C19H17N5O2. The van der Waals surface area contributed by atoms with Gasteiger partial charge in [0, 0.05) is 17.6 Å². The van der Waals surface area contributed by atoms with Gasteiger partial charge in [-0.15, -0.1) is 0 Å². The second kappa shape index (κ2) is 6.23. The van der Waals surface area contributed by atoms with E-state index in [2.05, 4.69) is 15.0 Å². The number of H-pyrrole nitrogens is 1. The van der Waals surface area contributed by atoms with Gasteiger partial charge in [-0.25, -0.2) is 9.97 Å². The standard InChI is InChI=1S/C19H17N5O2/c1-11-13-4-2-3-5-15(13)22-17(21-11)10-24-7-6-16-14(19(24)26)8-12(9-20)18(25)23-16/h6-8H,2-5,10H2,1H3,(H,23,25). The van der Waals surface area contributed by atoms with Crippen LogP contribution in [0.15, 0.2) is 27.9 Å². The second-order valence-electron chi connectivity index (χ2n) is 6.56. The summed E-state index contributed by atoms with van der Waals surface area (Å²) in [6, 6.07) is 4.81. The maximum absolute atomic E-state index is 12.8. The van der Waals surface area contributed by atoms with Crippen molar-refractivity contribution in [1.82, 2.24) is 19.5 Å². The first-order valence-electron chi connectivity index (χ1n) is 8.58. The molecule has 3 aromatic rings. The molecule has 0 spiro atoms. The van der Waals surface area contributed by atoms with E-state index in [9.17, 15) is 9.59 Å². The Labute approximate surface area is 149 Å². The van der Waals surface area contributed by atoms with Crippen molar-refractivity contribution in [1.29, 1.82) is 5.26 Å².